The van der Waals surface area contributed by atoms with Gasteiger partial charge in [0.1, 0.15) is 0 Å². The maximum atomic E-state index is 5.24. The van der Waals surface area contributed by atoms with E-state index in [1.807, 2.05) is 6.92 Å². The average Bonchev–Trinajstić information content (AvgIpc) is 2.31. The van der Waals surface area contributed by atoms with E-state index in [0.717, 1.165) is 10.6 Å². The van der Waals surface area contributed by atoms with Gasteiger partial charge in [-0.2, -0.15) is 0 Å². The largest absolute Gasteiger partial charge is 0.376 e. The zero-order chi connectivity index (χ0) is 8.27. The average molecular weight is 188 g/mol. The summed E-state index contributed by atoms with van der Waals surface area (Å²) in [6.07, 6.45) is 0. The zero-order valence-electron chi connectivity index (χ0n) is 6.00. The number of aryl methyl sites for hydroxylation is 1. The first-order chi connectivity index (χ1) is 5.20. The van der Waals surface area contributed by atoms with Crippen molar-refractivity contribution < 1.29 is 0 Å². The maximum absolute atomic E-state index is 5.24. The second-order valence-corrected chi connectivity index (χ2v) is 3.28. The van der Waals surface area contributed by atoms with Gasteiger partial charge in [0.25, 0.3) is 0 Å². The van der Waals surface area contributed by atoms with Crippen molar-refractivity contribution >= 4 is 28.9 Å². The van der Waals surface area contributed by atoms with Crippen LogP contribution in [0.5, 0.6) is 0 Å². The van der Waals surface area contributed by atoms with E-state index in [2.05, 4.69) is 27.1 Å². The van der Waals surface area contributed by atoms with Crippen LogP contribution in [0.2, 0.25) is 0 Å². The Kier molecular flexibility index (Phi) is 2.72. The lowest BCUT2D eigenvalue weighted by molar-refractivity contribution is 0.919. The number of hydrogen-bond acceptors (Lipinski definition) is 4. The first kappa shape index (κ1) is 8.35. The van der Waals surface area contributed by atoms with E-state index in [-0.39, 0.29) is 0 Å². The molecule has 0 spiro atoms. The summed E-state index contributed by atoms with van der Waals surface area (Å²) in [4.78, 5) is 1.07. The van der Waals surface area contributed by atoms with Crippen molar-refractivity contribution in [2.24, 2.45) is 5.73 Å². The molecule has 60 valence electrons. The van der Waals surface area contributed by atoms with Crippen molar-refractivity contribution in [2.45, 2.75) is 13.5 Å². The first-order valence-electron chi connectivity index (χ1n) is 3.01. The number of nitrogens with two attached hydrogens (primary N) is 1. The number of aromatic nitrogens is 2. The van der Waals surface area contributed by atoms with E-state index in [9.17, 15) is 0 Å². The van der Waals surface area contributed by atoms with Gasteiger partial charge in [-0.1, -0.05) is 4.49 Å². The Morgan fingerprint density at radius 1 is 1.82 bits per heavy atom. The van der Waals surface area contributed by atoms with Crippen LogP contribution in [0.15, 0.2) is 0 Å². The third-order valence-electron chi connectivity index (χ3n) is 1.17. The van der Waals surface area contributed by atoms with Crippen molar-refractivity contribution in [3.05, 3.63) is 10.6 Å². The number of nitrogens with one attached hydrogen (secondary N) is 1. The van der Waals surface area contributed by atoms with Crippen molar-refractivity contribution in [2.75, 3.05) is 0 Å². The lowest BCUT2D eigenvalue weighted by atomic mass is 10.4. The second kappa shape index (κ2) is 3.59. The van der Waals surface area contributed by atoms with E-state index in [4.69, 9.17) is 5.73 Å². The monoisotopic (exact) mass is 188 g/mol. The summed E-state index contributed by atoms with van der Waals surface area (Å²) >= 11 is 6.00. The molecule has 0 radical (unpaired) electrons. The summed E-state index contributed by atoms with van der Waals surface area (Å²) in [5.41, 5.74) is 6.17. The highest BCUT2D eigenvalue weighted by atomic mass is 32.1. The molecule has 0 aromatic carbocycles. The molecule has 1 aromatic rings. The van der Waals surface area contributed by atoms with Gasteiger partial charge in [-0.25, -0.2) is 0 Å². The van der Waals surface area contributed by atoms with Crippen LogP contribution < -0.4 is 11.1 Å². The Balaban J connectivity index is 2.51. The normalized spacial score (nSPS) is 9.55. The molecule has 0 bridgehead atoms. The van der Waals surface area contributed by atoms with E-state index >= 15 is 0 Å². The van der Waals surface area contributed by atoms with Gasteiger partial charge in [0, 0.05) is 0 Å². The van der Waals surface area contributed by atoms with Gasteiger partial charge >= 0.3 is 0 Å². The Hall–Kier alpha value is -0.750. The molecule has 0 atom stereocenters. The van der Waals surface area contributed by atoms with Crippen LogP contribution in [0.25, 0.3) is 0 Å². The molecular weight excluding hydrogens is 180 g/mol. The molecule has 0 aliphatic heterocycles. The highest BCUT2D eigenvalue weighted by Crippen LogP contribution is 2.07. The minimum Gasteiger partial charge on any atom is -0.376 e. The molecule has 4 nitrogen and oxygen atoms in total. The van der Waals surface area contributed by atoms with Gasteiger partial charge in [-0.05, 0) is 30.7 Å². The lowest BCUT2D eigenvalue weighted by Gasteiger charge is -1.99. The number of nitrogens with zero attached hydrogens (tertiary/aromatic N) is 2. The standard InChI is InChI=1S/C5H8N4S2/c1-3-4(11-9-8-3)2-7-5(6)10/h2H2,1H3,(H3,6,7,10). The van der Waals surface area contributed by atoms with Crippen LogP contribution in [0.4, 0.5) is 0 Å². The maximum Gasteiger partial charge on any atom is 0.163 e. The number of thiocarbonyl (C=S) groups is 1. The predicted molar refractivity (Wildman–Crippen MR) is 48.3 cm³/mol. The first-order valence-corrected chi connectivity index (χ1v) is 4.19. The topological polar surface area (TPSA) is 63.8 Å². The fraction of sp³-hybridized carbons (Fsp3) is 0.400. The molecule has 11 heavy (non-hydrogen) atoms. The third kappa shape index (κ3) is 2.39. The summed E-state index contributed by atoms with van der Waals surface area (Å²) in [7, 11) is 0. The fourth-order valence-corrected chi connectivity index (χ4v) is 1.22. The molecule has 0 saturated carbocycles. The highest BCUT2D eigenvalue weighted by Gasteiger charge is 2.01. The lowest BCUT2D eigenvalue weighted by Crippen LogP contribution is -2.28. The van der Waals surface area contributed by atoms with E-state index in [0.29, 0.717) is 11.7 Å². The third-order valence-corrected chi connectivity index (χ3v) is 2.14. The molecule has 0 aliphatic rings. The highest BCUT2D eigenvalue weighted by molar-refractivity contribution is 7.80. The van der Waals surface area contributed by atoms with Crippen LogP contribution in [0.3, 0.4) is 0 Å². The van der Waals surface area contributed by atoms with Crippen molar-refractivity contribution in [3.63, 3.8) is 0 Å². The van der Waals surface area contributed by atoms with Crippen molar-refractivity contribution in [1.29, 1.82) is 0 Å². The quantitative estimate of drug-likeness (QED) is 0.648. The molecule has 1 rings (SSSR count). The Bertz CT molecular complexity index is 257. The molecule has 3 N–H and O–H groups in total. The summed E-state index contributed by atoms with van der Waals surface area (Å²) in [6.45, 7) is 2.53. The molecule has 0 fully saturated rings. The van der Waals surface area contributed by atoms with E-state index in [1.165, 1.54) is 11.5 Å². The number of hydrogen-bond donors (Lipinski definition) is 2. The van der Waals surface area contributed by atoms with Crippen LogP contribution in [0.1, 0.15) is 10.6 Å². The molecule has 0 aliphatic carbocycles. The van der Waals surface area contributed by atoms with Crippen LogP contribution in [-0.4, -0.2) is 14.7 Å². The van der Waals surface area contributed by atoms with Gasteiger partial charge in [0.2, 0.25) is 0 Å². The van der Waals surface area contributed by atoms with Crippen molar-refractivity contribution in [1.82, 2.24) is 14.9 Å². The Morgan fingerprint density at radius 3 is 3.00 bits per heavy atom. The van der Waals surface area contributed by atoms with E-state index in [1.54, 1.807) is 0 Å². The summed E-state index contributed by atoms with van der Waals surface area (Å²) in [5.74, 6) is 0. The van der Waals surface area contributed by atoms with Gasteiger partial charge < -0.3 is 11.1 Å². The van der Waals surface area contributed by atoms with Crippen LogP contribution in [0, 0.1) is 6.92 Å². The molecule has 0 unspecified atom stereocenters. The zero-order valence-corrected chi connectivity index (χ0v) is 7.63. The summed E-state index contributed by atoms with van der Waals surface area (Å²) < 4.78 is 3.77. The van der Waals surface area contributed by atoms with Crippen molar-refractivity contribution in [3.8, 4) is 0 Å². The molecular formula is C5H8N4S2. The molecule has 0 saturated heterocycles. The summed E-state index contributed by atoms with van der Waals surface area (Å²) in [6, 6.07) is 0. The fourth-order valence-electron chi connectivity index (χ4n) is 0.580. The van der Waals surface area contributed by atoms with Gasteiger partial charge in [0.05, 0.1) is 17.1 Å². The van der Waals surface area contributed by atoms with Gasteiger partial charge in [0.15, 0.2) is 5.11 Å². The molecule has 1 heterocycles. The Labute approximate surface area is 74.0 Å². The minimum absolute atomic E-state index is 0.304. The van der Waals surface area contributed by atoms with Gasteiger partial charge in [-0.3, -0.25) is 0 Å². The van der Waals surface area contributed by atoms with Crippen LogP contribution in [-0.2, 0) is 6.54 Å². The molecule has 6 heteroatoms. The smallest absolute Gasteiger partial charge is 0.163 e. The van der Waals surface area contributed by atoms with Crippen LogP contribution >= 0.6 is 23.8 Å². The molecule has 0 amide bonds. The van der Waals surface area contributed by atoms with E-state index < -0.39 is 0 Å². The SMILES string of the molecule is Cc1nnsc1CNC(N)=S. The Morgan fingerprint density at radius 2 is 2.55 bits per heavy atom. The second-order valence-electron chi connectivity index (χ2n) is 2.00. The predicted octanol–water partition coefficient (Wildman–Crippen LogP) is 0.180. The molecule has 1 aromatic heterocycles. The number of rotatable bonds is 2. The minimum atomic E-state index is 0.304. The van der Waals surface area contributed by atoms with Gasteiger partial charge in [-0.15, -0.1) is 5.10 Å². The summed E-state index contributed by atoms with van der Waals surface area (Å²) in [5, 5.41) is 6.97.